The largest absolute Gasteiger partial charge is 0.352 e. The molecule has 1 fully saturated rings. The molecule has 0 spiro atoms. The van der Waals surface area contributed by atoms with Crippen molar-refractivity contribution in [1.82, 2.24) is 10.2 Å². The number of hydrogen-bond donors (Lipinski definition) is 1. The smallest absolute Gasteiger partial charge is 0.242 e. The van der Waals surface area contributed by atoms with Gasteiger partial charge in [-0.05, 0) is 44.9 Å². The van der Waals surface area contributed by atoms with Crippen LogP contribution in [0.2, 0.25) is 0 Å². The average Bonchev–Trinajstić information content (AvgIpc) is 2.80. The number of thioether (sulfide) groups is 1. The quantitative estimate of drug-likeness (QED) is 0.508. The maximum Gasteiger partial charge on any atom is 0.242 e. The highest BCUT2D eigenvalue weighted by Crippen LogP contribution is 2.22. The van der Waals surface area contributed by atoms with Gasteiger partial charge in [-0.15, -0.1) is 11.8 Å². The van der Waals surface area contributed by atoms with Crippen LogP contribution in [0.4, 0.5) is 4.39 Å². The molecule has 4 nitrogen and oxygen atoms in total. The molecule has 32 heavy (non-hydrogen) atoms. The molecule has 0 unspecified atom stereocenters. The molecule has 3 rings (SSSR count). The Bertz CT molecular complexity index is 897. The SMILES string of the molecule is Cc1ccc(SCCC(=O)N(Cc2ccccc2F)[C@@H](C)C(=O)NC2CCCCC2)cc1. The Hall–Kier alpha value is -2.34. The molecule has 2 aromatic carbocycles. The first-order valence-corrected chi connectivity index (χ1v) is 12.5. The highest BCUT2D eigenvalue weighted by atomic mass is 32.2. The summed E-state index contributed by atoms with van der Waals surface area (Å²) >= 11 is 1.61. The average molecular weight is 457 g/mol. The topological polar surface area (TPSA) is 49.4 Å². The van der Waals surface area contributed by atoms with Crippen molar-refractivity contribution in [2.45, 2.75) is 75.9 Å². The van der Waals surface area contributed by atoms with Gasteiger partial charge < -0.3 is 10.2 Å². The van der Waals surface area contributed by atoms with Crippen LogP contribution in [0, 0.1) is 12.7 Å². The van der Waals surface area contributed by atoms with Crippen LogP contribution in [-0.4, -0.2) is 34.6 Å². The van der Waals surface area contributed by atoms with E-state index >= 15 is 0 Å². The van der Waals surface area contributed by atoms with Gasteiger partial charge in [0.1, 0.15) is 11.9 Å². The monoisotopic (exact) mass is 456 g/mol. The first-order chi connectivity index (χ1) is 15.4. The van der Waals surface area contributed by atoms with E-state index in [9.17, 15) is 14.0 Å². The van der Waals surface area contributed by atoms with Gasteiger partial charge in [-0.2, -0.15) is 0 Å². The Morgan fingerprint density at radius 1 is 1.09 bits per heavy atom. The van der Waals surface area contributed by atoms with E-state index in [1.165, 1.54) is 23.0 Å². The van der Waals surface area contributed by atoms with Crippen LogP contribution >= 0.6 is 11.8 Å². The van der Waals surface area contributed by atoms with Gasteiger partial charge in [-0.3, -0.25) is 9.59 Å². The van der Waals surface area contributed by atoms with Gasteiger partial charge in [-0.1, -0.05) is 55.2 Å². The summed E-state index contributed by atoms with van der Waals surface area (Å²) in [6.07, 6.45) is 5.69. The fraction of sp³-hybridized carbons (Fsp3) is 0.462. The molecule has 172 valence electrons. The molecule has 2 aromatic rings. The predicted molar refractivity (Wildman–Crippen MR) is 128 cm³/mol. The summed E-state index contributed by atoms with van der Waals surface area (Å²) in [6.45, 7) is 3.86. The molecule has 0 bridgehead atoms. The van der Waals surface area contributed by atoms with Crippen molar-refractivity contribution in [2.24, 2.45) is 0 Å². The molecule has 1 N–H and O–H groups in total. The zero-order valence-corrected chi connectivity index (χ0v) is 19.8. The highest BCUT2D eigenvalue weighted by Gasteiger charge is 2.28. The number of halogens is 1. The molecule has 1 aliphatic carbocycles. The second kappa shape index (κ2) is 12.0. The van der Waals surface area contributed by atoms with E-state index in [1.54, 1.807) is 36.9 Å². The van der Waals surface area contributed by atoms with Crippen molar-refractivity contribution in [1.29, 1.82) is 0 Å². The van der Waals surface area contributed by atoms with Crippen LogP contribution in [-0.2, 0) is 16.1 Å². The van der Waals surface area contributed by atoms with Gasteiger partial charge in [0.05, 0.1) is 0 Å². The van der Waals surface area contributed by atoms with E-state index < -0.39 is 6.04 Å². The van der Waals surface area contributed by atoms with E-state index in [1.807, 2.05) is 31.2 Å². The predicted octanol–water partition coefficient (Wildman–Crippen LogP) is 5.48. The van der Waals surface area contributed by atoms with Gasteiger partial charge >= 0.3 is 0 Å². The second-order valence-electron chi connectivity index (χ2n) is 8.54. The number of carbonyl (C=O) groups excluding carboxylic acids is 2. The number of rotatable bonds is 9. The van der Waals surface area contributed by atoms with Crippen LogP contribution in [0.15, 0.2) is 53.4 Å². The Morgan fingerprint density at radius 2 is 1.78 bits per heavy atom. The van der Waals surface area contributed by atoms with E-state index in [2.05, 4.69) is 5.32 Å². The number of aryl methyl sites for hydroxylation is 1. The van der Waals surface area contributed by atoms with Crippen molar-refractivity contribution in [2.75, 3.05) is 5.75 Å². The summed E-state index contributed by atoms with van der Waals surface area (Å²) in [6, 6.07) is 14.1. The van der Waals surface area contributed by atoms with Crippen molar-refractivity contribution in [3.8, 4) is 0 Å². The number of amides is 2. The molecule has 0 heterocycles. The van der Waals surface area contributed by atoms with Gasteiger partial charge in [0.15, 0.2) is 0 Å². The first kappa shape index (κ1) is 24.3. The maximum atomic E-state index is 14.3. The molecular formula is C26H33FN2O2S. The Balaban J connectivity index is 1.65. The lowest BCUT2D eigenvalue weighted by atomic mass is 9.95. The van der Waals surface area contributed by atoms with Crippen LogP contribution in [0.3, 0.4) is 0 Å². The minimum Gasteiger partial charge on any atom is -0.352 e. The third-order valence-corrected chi connectivity index (χ3v) is 7.04. The van der Waals surface area contributed by atoms with E-state index in [0.29, 0.717) is 11.3 Å². The van der Waals surface area contributed by atoms with Crippen LogP contribution in [0.1, 0.15) is 56.6 Å². The molecule has 0 aliphatic heterocycles. The minimum atomic E-state index is -0.659. The van der Waals surface area contributed by atoms with Gasteiger partial charge in [0.2, 0.25) is 11.8 Å². The standard InChI is InChI=1S/C26H33FN2O2S/c1-19-12-14-23(15-13-19)32-17-16-25(30)29(18-21-8-6-7-11-24(21)27)20(2)26(31)28-22-9-4-3-5-10-22/h6-8,11-15,20,22H,3-5,9-10,16-18H2,1-2H3,(H,28,31)/t20-/m0/s1. The van der Waals surface area contributed by atoms with Crippen molar-refractivity contribution in [3.05, 3.63) is 65.5 Å². The number of carbonyl (C=O) groups is 2. The maximum absolute atomic E-state index is 14.3. The lowest BCUT2D eigenvalue weighted by Crippen LogP contribution is -2.50. The van der Waals surface area contributed by atoms with Gasteiger partial charge in [0, 0.05) is 35.2 Å². The third-order valence-electron chi connectivity index (χ3n) is 6.02. The number of nitrogens with one attached hydrogen (secondary N) is 1. The molecule has 2 amide bonds. The number of nitrogens with zero attached hydrogens (tertiary/aromatic N) is 1. The fourth-order valence-corrected chi connectivity index (χ4v) is 4.84. The summed E-state index contributed by atoms with van der Waals surface area (Å²) < 4.78 is 14.3. The Labute approximate surface area is 195 Å². The summed E-state index contributed by atoms with van der Waals surface area (Å²) in [4.78, 5) is 28.7. The highest BCUT2D eigenvalue weighted by molar-refractivity contribution is 7.99. The van der Waals surface area contributed by atoms with E-state index in [4.69, 9.17) is 0 Å². The Morgan fingerprint density at radius 3 is 2.47 bits per heavy atom. The lowest BCUT2D eigenvalue weighted by Gasteiger charge is -2.31. The molecule has 0 saturated heterocycles. The molecule has 1 saturated carbocycles. The summed E-state index contributed by atoms with van der Waals surface area (Å²) in [5, 5.41) is 3.11. The second-order valence-corrected chi connectivity index (χ2v) is 9.71. The summed E-state index contributed by atoms with van der Waals surface area (Å²) in [5.74, 6) is -0.0572. The zero-order valence-electron chi connectivity index (χ0n) is 19.0. The summed E-state index contributed by atoms with van der Waals surface area (Å²) in [5.41, 5.74) is 1.61. The Kier molecular flexibility index (Phi) is 9.15. The molecule has 1 aliphatic rings. The molecule has 0 radical (unpaired) electrons. The van der Waals surface area contributed by atoms with Gasteiger partial charge in [0.25, 0.3) is 0 Å². The number of hydrogen-bond acceptors (Lipinski definition) is 3. The van der Waals surface area contributed by atoms with Gasteiger partial charge in [-0.25, -0.2) is 4.39 Å². The first-order valence-electron chi connectivity index (χ1n) is 11.5. The van der Waals surface area contributed by atoms with Crippen LogP contribution < -0.4 is 5.32 Å². The third kappa shape index (κ3) is 7.09. The van der Waals surface area contributed by atoms with Crippen molar-refractivity contribution < 1.29 is 14.0 Å². The van der Waals surface area contributed by atoms with Crippen molar-refractivity contribution in [3.63, 3.8) is 0 Å². The molecule has 6 heteroatoms. The molecular weight excluding hydrogens is 423 g/mol. The zero-order chi connectivity index (χ0) is 22.9. The van der Waals surface area contributed by atoms with Crippen molar-refractivity contribution >= 4 is 23.6 Å². The van der Waals surface area contributed by atoms with E-state index in [-0.39, 0.29) is 36.6 Å². The molecule has 1 atom stereocenters. The van der Waals surface area contributed by atoms with E-state index in [0.717, 1.165) is 30.6 Å². The summed E-state index contributed by atoms with van der Waals surface area (Å²) in [7, 11) is 0. The molecule has 0 aromatic heterocycles. The van der Waals surface area contributed by atoms with Crippen LogP contribution in [0.25, 0.3) is 0 Å². The minimum absolute atomic E-state index is 0.0833. The van der Waals surface area contributed by atoms with Crippen LogP contribution in [0.5, 0.6) is 0 Å². The normalized spacial score (nSPS) is 15.2. The number of benzene rings is 2. The lowest BCUT2D eigenvalue weighted by molar-refractivity contribution is -0.140. The fourth-order valence-electron chi connectivity index (χ4n) is 4.00.